The van der Waals surface area contributed by atoms with Crippen molar-refractivity contribution in [3.05, 3.63) is 29.8 Å². The molecule has 1 N–H and O–H groups in total. The molecular formula is C19H30N2O4S. The third-order valence-electron chi connectivity index (χ3n) is 4.74. The van der Waals surface area contributed by atoms with Crippen molar-refractivity contribution in [3.63, 3.8) is 0 Å². The number of carbonyl (C=O) groups excluding carboxylic acids is 1. The summed E-state index contributed by atoms with van der Waals surface area (Å²) in [5.41, 5.74) is 1.23. The van der Waals surface area contributed by atoms with Gasteiger partial charge in [-0.05, 0) is 50.3 Å². The number of carbonyl (C=O) groups is 1. The molecule has 0 radical (unpaired) electrons. The van der Waals surface area contributed by atoms with Gasteiger partial charge in [-0.15, -0.1) is 0 Å². The van der Waals surface area contributed by atoms with E-state index in [0.29, 0.717) is 37.6 Å². The molecular weight excluding hydrogens is 352 g/mol. The molecule has 1 unspecified atom stereocenters. The average molecular weight is 383 g/mol. The molecule has 0 saturated carbocycles. The van der Waals surface area contributed by atoms with E-state index in [1.54, 1.807) is 18.7 Å². The van der Waals surface area contributed by atoms with Gasteiger partial charge >= 0.3 is 0 Å². The number of piperidine rings is 1. The number of hydrogen-bond acceptors (Lipinski definition) is 4. The molecule has 2 rings (SSSR count). The van der Waals surface area contributed by atoms with Crippen molar-refractivity contribution in [2.45, 2.75) is 58.6 Å². The zero-order valence-electron chi connectivity index (χ0n) is 16.1. The van der Waals surface area contributed by atoms with Crippen LogP contribution in [0.25, 0.3) is 0 Å². The normalized spacial score (nSPS) is 17.3. The summed E-state index contributed by atoms with van der Waals surface area (Å²) in [6.07, 6.45) is 0.686. The highest BCUT2D eigenvalue weighted by Gasteiger charge is 2.28. The van der Waals surface area contributed by atoms with Gasteiger partial charge in [0.2, 0.25) is 10.0 Å². The first-order chi connectivity index (χ1) is 12.2. The largest absolute Gasteiger partial charge is 0.481 e. The molecule has 0 aliphatic carbocycles. The Morgan fingerprint density at radius 3 is 2.27 bits per heavy atom. The lowest BCUT2D eigenvalue weighted by Gasteiger charge is -2.33. The minimum absolute atomic E-state index is 0.0604. The van der Waals surface area contributed by atoms with Crippen LogP contribution in [-0.4, -0.2) is 50.2 Å². The smallest absolute Gasteiger partial charge is 0.263 e. The van der Waals surface area contributed by atoms with Gasteiger partial charge in [-0.25, -0.2) is 13.1 Å². The number of likely N-dealkylation sites (tertiary alicyclic amines) is 1. The molecule has 1 aliphatic rings. The molecule has 0 bridgehead atoms. The lowest BCUT2D eigenvalue weighted by atomic mass is 10.0. The summed E-state index contributed by atoms with van der Waals surface area (Å²) < 4.78 is 31.8. The van der Waals surface area contributed by atoms with Crippen LogP contribution >= 0.6 is 0 Å². The fourth-order valence-electron chi connectivity index (χ4n) is 3.00. The topological polar surface area (TPSA) is 75.7 Å². The second-order valence-electron chi connectivity index (χ2n) is 7.10. The summed E-state index contributed by atoms with van der Waals surface area (Å²) >= 11 is 0. The predicted octanol–water partition coefficient (Wildman–Crippen LogP) is 2.51. The van der Waals surface area contributed by atoms with E-state index >= 15 is 0 Å². The summed E-state index contributed by atoms with van der Waals surface area (Å²) in [5, 5.41) is 0. The minimum Gasteiger partial charge on any atom is -0.481 e. The Morgan fingerprint density at radius 2 is 1.77 bits per heavy atom. The molecule has 1 saturated heterocycles. The van der Waals surface area contributed by atoms with Crippen LogP contribution in [0, 0.1) is 0 Å². The Balaban J connectivity index is 1.85. The molecule has 0 aromatic heterocycles. The van der Waals surface area contributed by atoms with Gasteiger partial charge in [0.15, 0.2) is 6.10 Å². The van der Waals surface area contributed by atoms with Crippen LogP contribution in [0.3, 0.4) is 0 Å². The van der Waals surface area contributed by atoms with Crippen LogP contribution in [0.15, 0.2) is 24.3 Å². The highest BCUT2D eigenvalue weighted by molar-refractivity contribution is 7.89. The summed E-state index contributed by atoms with van der Waals surface area (Å²) in [7, 11) is -3.20. The maximum atomic E-state index is 12.6. The highest BCUT2D eigenvalue weighted by atomic mass is 32.2. The zero-order valence-corrected chi connectivity index (χ0v) is 16.9. The number of amides is 1. The fourth-order valence-corrected chi connectivity index (χ4v) is 3.91. The molecule has 1 aromatic carbocycles. The molecule has 1 heterocycles. The Hall–Kier alpha value is -1.60. The predicted molar refractivity (Wildman–Crippen MR) is 103 cm³/mol. The molecule has 1 aliphatic heterocycles. The Bertz CT molecular complexity index is 693. The minimum atomic E-state index is -3.20. The number of hydrogen-bond donors (Lipinski definition) is 1. The number of rotatable bonds is 7. The monoisotopic (exact) mass is 382 g/mol. The van der Waals surface area contributed by atoms with Gasteiger partial charge < -0.3 is 9.64 Å². The van der Waals surface area contributed by atoms with Crippen molar-refractivity contribution in [2.24, 2.45) is 0 Å². The number of sulfonamides is 1. The summed E-state index contributed by atoms with van der Waals surface area (Å²) in [6.45, 7) is 8.71. The molecule has 146 valence electrons. The standard InChI is InChI=1S/C19H30N2O4S/c1-5-26(23,24)20-17-10-12-21(13-11-17)19(22)15(4)25-18-8-6-16(7-9-18)14(2)3/h6-9,14-15,17,20H,5,10-13H2,1-4H3. The highest BCUT2D eigenvalue weighted by Crippen LogP contribution is 2.20. The molecule has 1 aromatic rings. The van der Waals surface area contributed by atoms with Gasteiger partial charge in [-0.3, -0.25) is 4.79 Å². The summed E-state index contributed by atoms with van der Waals surface area (Å²) in [4.78, 5) is 14.3. The van der Waals surface area contributed by atoms with Gasteiger partial charge in [0.25, 0.3) is 5.91 Å². The van der Waals surface area contributed by atoms with Gasteiger partial charge in [-0.1, -0.05) is 26.0 Å². The van der Waals surface area contributed by atoms with Gasteiger partial charge in [-0.2, -0.15) is 0 Å². The van der Waals surface area contributed by atoms with Crippen LogP contribution < -0.4 is 9.46 Å². The molecule has 0 spiro atoms. The van der Waals surface area contributed by atoms with Crippen molar-refractivity contribution < 1.29 is 17.9 Å². The maximum absolute atomic E-state index is 12.6. The molecule has 7 heteroatoms. The molecule has 1 amide bonds. The summed E-state index contributed by atoms with van der Waals surface area (Å²) in [6, 6.07) is 7.73. The third kappa shape index (κ3) is 5.71. The van der Waals surface area contributed by atoms with E-state index in [2.05, 4.69) is 18.6 Å². The van der Waals surface area contributed by atoms with E-state index in [9.17, 15) is 13.2 Å². The summed E-state index contributed by atoms with van der Waals surface area (Å²) in [5.74, 6) is 1.15. The maximum Gasteiger partial charge on any atom is 0.263 e. The van der Waals surface area contributed by atoms with Crippen LogP contribution in [0.5, 0.6) is 5.75 Å². The lowest BCUT2D eigenvalue weighted by molar-refractivity contribution is -0.139. The van der Waals surface area contributed by atoms with Gasteiger partial charge in [0, 0.05) is 19.1 Å². The molecule has 6 nitrogen and oxygen atoms in total. The lowest BCUT2D eigenvalue weighted by Crippen LogP contribution is -2.49. The van der Waals surface area contributed by atoms with E-state index in [1.165, 1.54) is 5.56 Å². The van der Waals surface area contributed by atoms with E-state index < -0.39 is 16.1 Å². The van der Waals surface area contributed by atoms with Crippen molar-refractivity contribution in [3.8, 4) is 5.75 Å². The first kappa shape index (κ1) is 20.7. The number of nitrogens with zero attached hydrogens (tertiary/aromatic N) is 1. The second kappa shape index (κ2) is 8.86. The second-order valence-corrected chi connectivity index (χ2v) is 9.15. The van der Waals surface area contributed by atoms with Crippen molar-refractivity contribution in [2.75, 3.05) is 18.8 Å². The SMILES string of the molecule is CCS(=O)(=O)NC1CCN(C(=O)C(C)Oc2ccc(C(C)C)cc2)CC1. The van der Waals surface area contributed by atoms with E-state index in [4.69, 9.17) is 4.74 Å². The van der Waals surface area contributed by atoms with Gasteiger partial charge in [0.1, 0.15) is 5.75 Å². The number of benzene rings is 1. The van der Waals surface area contributed by atoms with Crippen LogP contribution in [0.4, 0.5) is 0 Å². The van der Waals surface area contributed by atoms with Crippen LogP contribution in [0.1, 0.15) is 52.0 Å². The third-order valence-corrected chi connectivity index (χ3v) is 6.19. The van der Waals surface area contributed by atoms with Crippen molar-refractivity contribution in [1.29, 1.82) is 0 Å². The first-order valence-corrected chi connectivity index (χ1v) is 10.9. The van der Waals surface area contributed by atoms with Crippen molar-refractivity contribution in [1.82, 2.24) is 9.62 Å². The Labute approximate surface area is 157 Å². The number of ether oxygens (including phenoxy) is 1. The van der Waals surface area contributed by atoms with E-state index in [1.807, 2.05) is 24.3 Å². The average Bonchev–Trinajstić information content (AvgIpc) is 2.62. The molecule has 1 fully saturated rings. The molecule has 26 heavy (non-hydrogen) atoms. The quantitative estimate of drug-likeness (QED) is 0.786. The van der Waals surface area contributed by atoms with Gasteiger partial charge in [0.05, 0.1) is 5.75 Å². The number of nitrogens with one attached hydrogen (secondary N) is 1. The van der Waals surface area contributed by atoms with Crippen LogP contribution in [0.2, 0.25) is 0 Å². The van der Waals surface area contributed by atoms with E-state index in [-0.39, 0.29) is 17.7 Å². The van der Waals surface area contributed by atoms with Crippen LogP contribution in [-0.2, 0) is 14.8 Å². The Kier molecular flexibility index (Phi) is 7.06. The van der Waals surface area contributed by atoms with E-state index in [0.717, 1.165) is 0 Å². The zero-order chi connectivity index (χ0) is 19.3. The fraction of sp³-hybridized carbons (Fsp3) is 0.632. The first-order valence-electron chi connectivity index (χ1n) is 9.27. The van der Waals surface area contributed by atoms with Crippen molar-refractivity contribution >= 4 is 15.9 Å². The Morgan fingerprint density at radius 1 is 1.19 bits per heavy atom. The molecule has 1 atom stereocenters.